The van der Waals surface area contributed by atoms with Crippen LogP contribution < -0.4 is 4.74 Å². The van der Waals surface area contributed by atoms with Crippen LogP contribution in [0.4, 0.5) is 13.2 Å². The highest BCUT2D eigenvalue weighted by atomic mass is 19.4. The highest BCUT2D eigenvalue weighted by Crippen LogP contribution is 2.41. The van der Waals surface area contributed by atoms with Crippen LogP contribution in [0, 0.1) is 0 Å². The summed E-state index contributed by atoms with van der Waals surface area (Å²) in [6.45, 7) is 2.17. The molecule has 0 radical (unpaired) electrons. The Bertz CT molecular complexity index is 1320. The lowest BCUT2D eigenvalue weighted by atomic mass is 9.85. The third-order valence-corrected chi connectivity index (χ3v) is 6.93. The summed E-state index contributed by atoms with van der Waals surface area (Å²) in [5.74, 6) is 0.755. The number of aromatic amines is 1. The Labute approximate surface area is 189 Å². The highest BCUT2D eigenvalue weighted by Gasteiger charge is 2.34. The topological polar surface area (TPSA) is 28.3 Å². The van der Waals surface area contributed by atoms with E-state index >= 15 is 0 Å². The maximum Gasteiger partial charge on any atom is 0.416 e. The van der Waals surface area contributed by atoms with Crippen molar-refractivity contribution in [3.8, 4) is 5.75 Å². The Morgan fingerprint density at radius 1 is 1.00 bits per heavy atom. The van der Waals surface area contributed by atoms with Gasteiger partial charge in [0.2, 0.25) is 0 Å². The van der Waals surface area contributed by atoms with E-state index in [-0.39, 0.29) is 6.61 Å². The number of alkyl halides is 3. The van der Waals surface area contributed by atoms with Crippen molar-refractivity contribution in [3.63, 3.8) is 0 Å². The van der Waals surface area contributed by atoms with Gasteiger partial charge in [0.25, 0.3) is 0 Å². The van der Waals surface area contributed by atoms with E-state index in [0.29, 0.717) is 11.6 Å². The first-order valence-electron chi connectivity index (χ1n) is 11.2. The summed E-state index contributed by atoms with van der Waals surface area (Å²) in [7, 11) is 0. The van der Waals surface area contributed by atoms with Gasteiger partial charge in [0, 0.05) is 35.7 Å². The lowest BCUT2D eigenvalue weighted by Crippen LogP contribution is -2.39. The van der Waals surface area contributed by atoms with E-state index in [4.69, 9.17) is 4.74 Å². The van der Waals surface area contributed by atoms with Crippen molar-refractivity contribution in [1.29, 1.82) is 0 Å². The molecule has 1 unspecified atom stereocenters. The zero-order valence-corrected chi connectivity index (χ0v) is 18.0. The van der Waals surface area contributed by atoms with Gasteiger partial charge < -0.3 is 9.72 Å². The van der Waals surface area contributed by atoms with Crippen LogP contribution in [-0.4, -0.2) is 16.4 Å². The molecule has 2 aliphatic rings. The molecule has 3 nitrogen and oxygen atoms in total. The van der Waals surface area contributed by atoms with E-state index < -0.39 is 11.7 Å². The maximum absolute atomic E-state index is 12.8. The minimum atomic E-state index is -4.32. The van der Waals surface area contributed by atoms with Gasteiger partial charge >= 0.3 is 6.18 Å². The van der Waals surface area contributed by atoms with Gasteiger partial charge in [0.05, 0.1) is 5.56 Å². The molecular formula is C27H23F3N2O. The fraction of sp³-hybridized carbons (Fsp3) is 0.259. The number of nitrogens with zero attached hydrogens (tertiary/aromatic N) is 1. The van der Waals surface area contributed by atoms with Crippen LogP contribution in [0.25, 0.3) is 10.9 Å². The van der Waals surface area contributed by atoms with E-state index in [1.807, 2.05) is 6.07 Å². The van der Waals surface area contributed by atoms with Gasteiger partial charge in [-0.05, 0) is 65.4 Å². The van der Waals surface area contributed by atoms with Crippen molar-refractivity contribution in [2.45, 2.75) is 38.2 Å². The number of H-pyrrole nitrogens is 1. The molecule has 0 saturated carbocycles. The minimum Gasteiger partial charge on any atom is -0.489 e. The number of hydrogen-bond acceptors (Lipinski definition) is 2. The van der Waals surface area contributed by atoms with Crippen molar-refractivity contribution in [3.05, 3.63) is 100 Å². The fourth-order valence-electron chi connectivity index (χ4n) is 5.24. The molecule has 3 aromatic carbocycles. The van der Waals surface area contributed by atoms with E-state index in [9.17, 15) is 13.2 Å². The summed E-state index contributed by atoms with van der Waals surface area (Å²) in [6.07, 6.45) is -2.38. The number of halogens is 3. The Morgan fingerprint density at radius 3 is 2.64 bits per heavy atom. The SMILES string of the molecule is FC(F)(F)c1ccc(COc2ccc3c(c2)CCN2Cc4[nH]c5ccccc5c4CC32)cc1. The van der Waals surface area contributed by atoms with Gasteiger partial charge in [-0.25, -0.2) is 0 Å². The van der Waals surface area contributed by atoms with Crippen LogP contribution in [0.3, 0.4) is 0 Å². The lowest BCUT2D eigenvalue weighted by molar-refractivity contribution is -0.137. The predicted molar refractivity (Wildman–Crippen MR) is 121 cm³/mol. The number of aromatic nitrogens is 1. The summed E-state index contributed by atoms with van der Waals surface area (Å²) in [4.78, 5) is 6.15. The number of benzene rings is 3. The van der Waals surface area contributed by atoms with Crippen LogP contribution in [0.2, 0.25) is 0 Å². The van der Waals surface area contributed by atoms with E-state index in [1.165, 1.54) is 45.4 Å². The highest BCUT2D eigenvalue weighted by molar-refractivity contribution is 5.85. The normalized spacial score (nSPS) is 18.0. The smallest absolute Gasteiger partial charge is 0.416 e. The van der Waals surface area contributed by atoms with Crippen LogP contribution in [-0.2, 0) is 32.2 Å². The van der Waals surface area contributed by atoms with Gasteiger partial charge in [-0.2, -0.15) is 13.2 Å². The lowest BCUT2D eigenvalue weighted by Gasteiger charge is -2.40. The zero-order chi connectivity index (χ0) is 22.6. The molecule has 6 heteroatoms. The van der Waals surface area contributed by atoms with Crippen molar-refractivity contribution in [1.82, 2.24) is 9.88 Å². The van der Waals surface area contributed by atoms with Gasteiger partial charge in [0.15, 0.2) is 0 Å². The summed E-state index contributed by atoms with van der Waals surface area (Å²) in [5.41, 5.74) is 6.66. The average molecular weight is 448 g/mol. The molecule has 1 atom stereocenters. The average Bonchev–Trinajstić information content (AvgIpc) is 3.18. The summed E-state index contributed by atoms with van der Waals surface area (Å²) in [5, 5.41) is 1.32. The van der Waals surface area contributed by atoms with E-state index in [2.05, 4.69) is 46.3 Å². The summed E-state index contributed by atoms with van der Waals surface area (Å²) >= 11 is 0. The molecule has 1 N–H and O–H groups in total. The Hall–Kier alpha value is -3.25. The monoisotopic (exact) mass is 448 g/mol. The largest absolute Gasteiger partial charge is 0.489 e. The second-order valence-corrected chi connectivity index (χ2v) is 8.91. The van der Waals surface area contributed by atoms with Gasteiger partial charge in [0.1, 0.15) is 12.4 Å². The molecule has 168 valence electrons. The first kappa shape index (κ1) is 20.4. The standard InChI is InChI=1S/C27H23F3N2O/c28-27(29,30)19-7-5-17(6-8-19)16-33-20-9-10-21-18(13-20)11-12-32-15-25-23(14-26(21)32)22-3-1-2-4-24(22)31-25/h1-10,13,26,31H,11-12,14-16H2. The molecule has 1 aromatic heterocycles. The third kappa shape index (κ3) is 3.68. The molecule has 0 amide bonds. The molecule has 0 spiro atoms. The van der Waals surface area contributed by atoms with Crippen LogP contribution in [0.15, 0.2) is 66.7 Å². The molecule has 0 fully saturated rings. The van der Waals surface area contributed by atoms with Crippen molar-refractivity contribution >= 4 is 10.9 Å². The zero-order valence-electron chi connectivity index (χ0n) is 18.0. The molecule has 3 heterocycles. The number of hydrogen-bond donors (Lipinski definition) is 1. The molecular weight excluding hydrogens is 425 g/mol. The van der Waals surface area contributed by atoms with Crippen LogP contribution in [0.5, 0.6) is 5.75 Å². The molecule has 2 aliphatic heterocycles. The second-order valence-electron chi connectivity index (χ2n) is 8.91. The second kappa shape index (κ2) is 7.66. The molecule has 0 saturated heterocycles. The summed E-state index contributed by atoms with van der Waals surface area (Å²) in [6, 6.07) is 20.2. The molecule has 0 bridgehead atoms. The number of rotatable bonds is 3. The number of para-hydroxylation sites is 1. The maximum atomic E-state index is 12.8. The van der Waals surface area contributed by atoms with Gasteiger partial charge in [-0.15, -0.1) is 0 Å². The predicted octanol–water partition coefficient (Wildman–Crippen LogP) is 6.42. The van der Waals surface area contributed by atoms with Crippen molar-refractivity contribution in [2.24, 2.45) is 0 Å². The van der Waals surface area contributed by atoms with Gasteiger partial charge in [-0.1, -0.05) is 36.4 Å². The molecule has 6 rings (SSSR count). The molecule has 0 aliphatic carbocycles. The van der Waals surface area contributed by atoms with Crippen LogP contribution in [0.1, 0.15) is 39.6 Å². The Kier molecular flexibility index (Phi) is 4.73. The first-order valence-corrected chi connectivity index (χ1v) is 11.2. The van der Waals surface area contributed by atoms with E-state index in [0.717, 1.165) is 43.8 Å². The Balaban J connectivity index is 1.20. The third-order valence-electron chi connectivity index (χ3n) is 6.93. The van der Waals surface area contributed by atoms with Crippen molar-refractivity contribution in [2.75, 3.05) is 6.54 Å². The Morgan fingerprint density at radius 2 is 1.82 bits per heavy atom. The minimum absolute atomic E-state index is 0.241. The summed E-state index contributed by atoms with van der Waals surface area (Å²) < 4.78 is 44.2. The first-order chi connectivity index (χ1) is 16.0. The number of ether oxygens (including phenoxy) is 1. The van der Waals surface area contributed by atoms with Crippen molar-refractivity contribution < 1.29 is 17.9 Å². The quantitative estimate of drug-likeness (QED) is 0.392. The fourth-order valence-corrected chi connectivity index (χ4v) is 5.24. The van der Waals surface area contributed by atoms with Crippen LogP contribution >= 0.6 is 0 Å². The van der Waals surface area contributed by atoms with Gasteiger partial charge in [-0.3, -0.25) is 4.90 Å². The molecule has 4 aromatic rings. The van der Waals surface area contributed by atoms with E-state index in [1.54, 1.807) is 0 Å². The molecule has 33 heavy (non-hydrogen) atoms. The number of fused-ring (bicyclic) bond motifs is 6. The number of nitrogens with one attached hydrogen (secondary N) is 1.